The Morgan fingerprint density at radius 3 is 2.40 bits per heavy atom. The lowest BCUT2D eigenvalue weighted by atomic mass is 10.0. The zero-order valence-corrected chi connectivity index (χ0v) is 12.8. The molecule has 2 fully saturated rings. The molecule has 2 atom stereocenters. The van der Waals surface area contributed by atoms with Crippen LogP contribution in [0.2, 0.25) is 10.0 Å². The predicted octanol–water partition coefficient (Wildman–Crippen LogP) is 1.97. The molecule has 1 aromatic carbocycles. The maximum absolute atomic E-state index is 13.7. The molecule has 2 saturated heterocycles. The lowest BCUT2D eigenvalue weighted by Gasteiger charge is -2.18. The van der Waals surface area contributed by atoms with E-state index in [4.69, 9.17) is 23.2 Å². The summed E-state index contributed by atoms with van der Waals surface area (Å²) >= 11 is 11.4. The summed E-state index contributed by atoms with van der Waals surface area (Å²) in [6.45, 7) is 2.53. The van der Waals surface area contributed by atoms with Gasteiger partial charge in [-0.1, -0.05) is 23.2 Å². The van der Waals surface area contributed by atoms with Crippen molar-refractivity contribution < 1.29 is 12.8 Å². The molecule has 2 aliphatic heterocycles. The van der Waals surface area contributed by atoms with Gasteiger partial charge in [0, 0.05) is 13.1 Å². The Morgan fingerprint density at radius 2 is 1.80 bits per heavy atom. The third-order valence-electron chi connectivity index (χ3n) is 3.97. The highest BCUT2D eigenvalue weighted by Gasteiger charge is 2.42. The van der Waals surface area contributed by atoms with Gasteiger partial charge in [0.2, 0.25) is 10.0 Å². The van der Waals surface area contributed by atoms with Gasteiger partial charge in [-0.15, -0.1) is 0 Å². The van der Waals surface area contributed by atoms with Gasteiger partial charge in [-0.05, 0) is 37.1 Å². The minimum atomic E-state index is -3.78. The first kappa shape index (κ1) is 14.5. The smallest absolute Gasteiger partial charge is 0.244 e. The molecule has 0 spiro atoms. The maximum Gasteiger partial charge on any atom is 0.244 e. The van der Waals surface area contributed by atoms with E-state index in [0.717, 1.165) is 13.1 Å². The average molecular weight is 339 g/mol. The number of hydrogen-bond donors (Lipinski definition) is 1. The van der Waals surface area contributed by atoms with Crippen molar-refractivity contribution in [3.63, 3.8) is 0 Å². The van der Waals surface area contributed by atoms with E-state index in [2.05, 4.69) is 5.32 Å². The standard InChI is InChI=1S/C12H13Cl2FN2O2S/c13-9-1-2-10(11(14)12(9)15)20(18,19)17-5-7-3-16-4-8(7)6-17/h1-2,7-8,16H,3-6H2/t7-,8+. The predicted molar refractivity (Wildman–Crippen MR) is 75.0 cm³/mol. The van der Waals surface area contributed by atoms with Crippen LogP contribution in [0.5, 0.6) is 0 Å². The Morgan fingerprint density at radius 1 is 1.20 bits per heavy atom. The average Bonchev–Trinajstić information content (AvgIpc) is 2.96. The fourth-order valence-corrected chi connectivity index (χ4v) is 5.13. The second-order valence-electron chi connectivity index (χ2n) is 5.17. The van der Waals surface area contributed by atoms with Crippen LogP contribution in [0.4, 0.5) is 4.39 Å². The van der Waals surface area contributed by atoms with Crippen molar-refractivity contribution in [2.45, 2.75) is 4.90 Å². The SMILES string of the molecule is O=S(=O)(c1ccc(Cl)c(F)c1Cl)N1C[C@H]2CNC[C@H]2C1. The highest BCUT2D eigenvalue weighted by atomic mass is 35.5. The molecule has 4 nitrogen and oxygen atoms in total. The maximum atomic E-state index is 13.7. The molecule has 3 rings (SSSR count). The molecule has 0 bridgehead atoms. The molecule has 8 heteroatoms. The Balaban J connectivity index is 1.95. The summed E-state index contributed by atoms with van der Waals surface area (Å²) in [5, 5.41) is 2.62. The highest BCUT2D eigenvalue weighted by Crippen LogP contribution is 2.35. The van der Waals surface area contributed by atoms with Crippen molar-refractivity contribution in [3.05, 3.63) is 28.0 Å². The Labute approximate surface area is 126 Å². The molecule has 0 saturated carbocycles. The number of halogens is 3. The second-order valence-corrected chi connectivity index (χ2v) is 7.87. The van der Waals surface area contributed by atoms with E-state index in [1.54, 1.807) is 0 Å². The van der Waals surface area contributed by atoms with Crippen molar-refractivity contribution in [1.29, 1.82) is 0 Å². The molecule has 2 heterocycles. The fourth-order valence-electron chi connectivity index (χ4n) is 2.86. The molecule has 0 unspecified atom stereocenters. The van der Waals surface area contributed by atoms with Crippen LogP contribution in [0, 0.1) is 17.7 Å². The number of hydrogen-bond acceptors (Lipinski definition) is 3. The third kappa shape index (κ3) is 2.23. The zero-order valence-electron chi connectivity index (χ0n) is 10.4. The summed E-state index contributed by atoms with van der Waals surface area (Å²) in [4.78, 5) is -0.214. The first-order valence-corrected chi connectivity index (χ1v) is 8.45. The van der Waals surface area contributed by atoms with Crippen LogP contribution in [-0.2, 0) is 10.0 Å². The van der Waals surface area contributed by atoms with E-state index in [0.29, 0.717) is 24.9 Å². The summed E-state index contributed by atoms with van der Waals surface area (Å²) in [7, 11) is -3.78. The van der Waals surface area contributed by atoms with Gasteiger partial charge in [0.1, 0.15) is 4.90 Å². The summed E-state index contributed by atoms with van der Waals surface area (Å²) in [6, 6.07) is 2.48. The zero-order chi connectivity index (χ0) is 14.5. The van der Waals surface area contributed by atoms with Gasteiger partial charge < -0.3 is 5.32 Å². The molecule has 0 aliphatic carbocycles. The Kier molecular flexibility index (Phi) is 3.71. The summed E-state index contributed by atoms with van der Waals surface area (Å²) in [6.07, 6.45) is 0. The molecule has 1 N–H and O–H groups in total. The number of nitrogens with zero attached hydrogens (tertiary/aromatic N) is 1. The van der Waals surface area contributed by atoms with Crippen LogP contribution < -0.4 is 5.32 Å². The minimum absolute atomic E-state index is 0.184. The molecule has 0 radical (unpaired) electrons. The minimum Gasteiger partial charge on any atom is -0.316 e. The van der Waals surface area contributed by atoms with Crippen LogP contribution >= 0.6 is 23.2 Å². The van der Waals surface area contributed by atoms with Crippen molar-refractivity contribution in [2.24, 2.45) is 11.8 Å². The van der Waals surface area contributed by atoms with Crippen molar-refractivity contribution in [1.82, 2.24) is 9.62 Å². The molecule has 0 amide bonds. The first-order chi connectivity index (χ1) is 9.41. The quantitative estimate of drug-likeness (QED) is 0.839. The van der Waals surface area contributed by atoms with Gasteiger partial charge in [0.15, 0.2) is 5.82 Å². The lowest BCUT2D eigenvalue weighted by Crippen LogP contribution is -2.32. The van der Waals surface area contributed by atoms with E-state index < -0.39 is 20.9 Å². The van der Waals surface area contributed by atoms with Crippen molar-refractivity contribution in [3.8, 4) is 0 Å². The van der Waals surface area contributed by atoms with Gasteiger partial charge in [-0.3, -0.25) is 0 Å². The van der Waals surface area contributed by atoms with Crippen LogP contribution in [-0.4, -0.2) is 38.9 Å². The van der Waals surface area contributed by atoms with Crippen LogP contribution in [0.3, 0.4) is 0 Å². The fraction of sp³-hybridized carbons (Fsp3) is 0.500. The van der Waals surface area contributed by atoms with E-state index in [1.807, 2.05) is 0 Å². The van der Waals surface area contributed by atoms with E-state index in [1.165, 1.54) is 16.4 Å². The molecule has 0 aromatic heterocycles. The molecule has 1 aromatic rings. The topological polar surface area (TPSA) is 49.4 Å². The number of fused-ring (bicyclic) bond motifs is 1. The van der Waals surface area contributed by atoms with Gasteiger partial charge in [-0.25, -0.2) is 12.8 Å². The van der Waals surface area contributed by atoms with E-state index in [-0.39, 0.29) is 9.92 Å². The number of rotatable bonds is 2. The monoisotopic (exact) mass is 338 g/mol. The Bertz CT molecular complexity index is 641. The third-order valence-corrected chi connectivity index (χ3v) is 6.62. The number of benzene rings is 1. The number of nitrogens with one attached hydrogen (secondary N) is 1. The van der Waals surface area contributed by atoms with Crippen LogP contribution in [0.1, 0.15) is 0 Å². The Hall–Kier alpha value is -0.400. The van der Waals surface area contributed by atoms with Crippen LogP contribution in [0.25, 0.3) is 0 Å². The van der Waals surface area contributed by atoms with Gasteiger partial charge in [0.25, 0.3) is 0 Å². The molecule has 110 valence electrons. The largest absolute Gasteiger partial charge is 0.316 e. The molecule has 2 aliphatic rings. The molecular formula is C12H13Cl2FN2O2S. The first-order valence-electron chi connectivity index (χ1n) is 6.25. The van der Waals surface area contributed by atoms with Crippen molar-refractivity contribution >= 4 is 33.2 Å². The van der Waals surface area contributed by atoms with Gasteiger partial charge in [0.05, 0.1) is 10.0 Å². The summed E-state index contributed by atoms with van der Waals surface area (Å²) < 4.78 is 40.2. The van der Waals surface area contributed by atoms with Gasteiger partial charge in [-0.2, -0.15) is 4.31 Å². The number of sulfonamides is 1. The lowest BCUT2D eigenvalue weighted by molar-refractivity contribution is 0.447. The normalized spacial score (nSPS) is 26.9. The molecule has 20 heavy (non-hydrogen) atoms. The molecular weight excluding hydrogens is 326 g/mol. The van der Waals surface area contributed by atoms with Crippen LogP contribution in [0.15, 0.2) is 17.0 Å². The summed E-state index contributed by atoms with van der Waals surface area (Å²) in [5.74, 6) is -0.253. The van der Waals surface area contributed by atoms with E-state index in [9.17, 15) is 12.8 Å². The van der Waals surface area contributed by atoms with Crippen molar-refractivity contribution in [2.75, 3.05) is 26.2 Å². The second kappa shape index (κ2) is 5.10. The summed E-state index contributed by atoms with van der Waals surface area (Å²) in [5.41, 5.74) is 0. The van der Waals surface area contributed by atoms with Gasteiger partial charge >= 0.3 is 0 Å². The van der Waals surface area contributed by atoms with E-state index >= 15 is 0 Å². The highest BCUT2D eigenvalue weighted by molar-refractivity contribution is 7.89.